The Balaban J connectivity index is 1.27. The number of rotatable bonds is 4. The van der Waals surface area contributed by atoms with Crippen LogP contribution >= 0.6 is 0 Å². The number of allylic oxidation sites excluding steroid dienone is 1. The van der Waals surface area contributed by atoms with Gasteiger partial charge in [0.15, 0.2) is 6.29 Å². The number of esters is 1. The third kappa shape index (κ3) is 4.19. The van der Waals surface area contributed by atoms with Crippen molar-refractivity contribution >= 4 is 5.97 Å². The fourth-order valence-corrected chi connectivity index (χ4v) is 11.7. The number of fused-ring (bicyclic) bond motifs is 7. The molecule has 0 aromatic rings. The van der Waals surface area contributed by atoms with Gasteiger partial charge in [-0.1, -0.05) is 60.1 Å². The van der Waals surface area contributed by atoms with Crippen molar-refractivity contribution in [2.75, 3.05) is 0 Å². The summed E-state index contributed by atoms with van der Waals surface area (Å²) in [7, 11) is 0. The van der Waals surface area contributed by atoms with E-state index in [-0.39, 0.29) is 63.9 Å². The molecule has 0 spiro atoms. The summed E-state index contributed by atoms with van der Waals surface area (Å²) in [5.41, 5.74) is 0.483. The second kappa shape index (κ2) is 9.52. The molecule has 2 aliphatic heterocycles. The molecule has 0 aromatic heterocycles. The van der Waals surface area contributed by atoms with E-state index in [2.05, 4.69) is 54.5 Å². The summed E-state index contributed by atoms with van der Waals surface area (Å²) in [4.78, 5) is 12.7. The van der Waals surface area contributed by atoms with Crippen molar-refractivity contribution in [1.29, 1.82) is 0 Å². The Bertz CT molecular complexity index is 1090. The average Bonchev–Trinajstić information content (AvgIpc) is 3.35. The van der Waals surface area contributed by atoms with Crippen molar-refractivity contribution in [2.24, 2.45) is 51.2 Å². The highest BCUT2D eigenvalue weighted by molar-refractivity contribution is 5.69. The van der Waals surface area contributed by atoms with Crippen LogP contribution < -0.4 is 0 Å². The first-order chi connectivity index (χ1) is 19.0. The van der Waals surface area contributed by atoms with E-state index in [4.69, 9.17) is 14.2 Å². The summed E-state index contributed by atoms with van der Waals surface area (Å²) in [5.74, 6) is 1.32. The summed E-state index contributed by atoms with van der Waals surface area (Å²) in [6, 6.07) is 0. The molecule has 4 aliphatic carbocycles. The first-order valence-corrected chi connectivity index (χ1v) is 16.6. The Kier molecular flexibility index (Phi) is 6.99. The maximum Gasteiger partial charge on any atom is 0.306 e. The Hall–Kier alpha value is -0.950. The molecule has 232 valence electrons. The van der Waals surface area contributed by atoms with E-state index in [1.54, 1.807) is 0 Å². The van der Waals surface area contributed by atoms with Crippen LogP contribution in [-0.2, 0) is 19.0 Å². The van der Waals surface area contributed by atoms with Gasteiger partial charge in [-0.3, -0.25) is 4.79 Å². The zero-order valence-electron chi connectivity index (χ0n) is 27.0. The lowest BCUT2D eigenvalue weighted by molar-refractivity contribution is -0.223. The Morgan fingerprint density at radius 3 is 2.41 bits per heavy atom. The van der Waals surface area contributed by atoms with Gasteiger partial charge < -0.3 is 24.4 Å². The van der Waals surface area contributed by atoms with Gasteiger partial charge in [-0.05, 0) is 93.3 Å². The van der Waals surface area contributed by atoms with Gasteiger partial charge in [-0.25, -0.2) is 0 Å². The van der Waals surface area contributed by atoms with Gasteiger partial charge in [0.1, 0.15) is 12.2 Å². The molecular weight excluding hydrogens is 516 g/mol. The summed E-state index contributed by atoms with van der Waals surface area (Å²) < 4.78 is 18.9. The van der Waals surface area contributed by atoms with E-state index in [1.165, 1.54) is 5.57 Å². The molecule has 12 atom stereocenters. The van der Waals surface area contributed by atoms with Crippen molar-refractivity contribution in [2.45, 2.75) is 150 Å². The Morgan fingerprint density at radius 2 is 1.73 bits per heavy atom. The van der Waals surface area contributed by atoms with Crippen molar-refractivity contribution in [3.8, 4) is 0 Å². The molecular formula is C35H56O6. The lowest BCUT2D eigenvalue weighted by Crippen LogP contribution is -2.65. The van der Waals surface area contributed by atoms with Crippen LogP contribution in [0.2, 0.25) is 0 Å². The fourth-order valence-electron chi connectivity index (χ4n) is 11.7. The number of carbonyl (C=O) groups excluding carboxylic acids is 1. The molecule has 0 aromatic carbocycles. The zero-order valence-corrected chi connectivity index (χ0v) is 27.0. The van der Waals surface area contributed by atoms with Gasteiger partial charge in [0.2, 0.25) is 0 Å². The minimum atomic E-state index is -0.514. The zero-order chi connectivity index (χ0) is 29.9. The van der Waals surface area contributed by atoms with E-state index in [1.807, 2.05) is 13.8 Å². The van der Waals surface area contributed by atoms with Crippen molar-refractivity contribution in [3.05, 3.63) is 11.6 Å². The molecule has 2 saturated heterocycles. The highest BCUT2D eigenvalue weighted by Gasteiger charge is 2.69. The molecule has 3 saturated carbocycles. The minimum Gasteiger partial charge on any atom is -0.462 e. The first-order valence-electron chi connectivity index (χ1n) is 16.6. The number of hydrogen-bond acceptors (Lipinski definition) is 6. The smallest absolute Gasteiger partial charge is 0.306 e. The summed E-state index contributed by atoms with van der Waals surface area (Å²) >= 11 is 0. The average molecular weight is 573 g/mol. The van der Waals surface area contributed by atoms with Gasteiger partial charge >= 0.3 is 5.97 Å². The highest BCUT2D eigenvalue weighted by Crippen LogP contribution is 2.73. The monoisotopic (exact) mass is 572 g/mol. The van der Waals surface area contributed by atoms with Gasteiger partial charge in [0.05, 0.1) is 17.8 Å². The quantitative estimate of drug-likeness (QED) is 0.299. The van der Waals surface area contributed by atoms with Crippen LogP contribution in [0.5, 0.6) is 0 Å². The normalized spacial score (nSPS) is 51.4. The Labute approximate surface area is 248 Å². The number of hydrogen-bond donors (Lipinski definition) is 2. The van der Waals surface area contributed by atoms with Crippen LogP contribution in [0.25, 0.3) is 0 Å². The SMILES string of the molecule is CC(C)CC(=O)O[C@@H]1CC[C@]2(C)[C@H]3CC[C@]4(C)C(=CC[C@H]4[C@@H]4C[C@H](O)[C@H]5O[C@@H]4OC5(C)C)[C@]3(C)[C@H](O)C[C@H]2C1(C)C. The van der Waals surface area contributed by atoms with Gasteiger partial charge in [0.25, 0.3) is 0 Å². The maximum absolute atomic E-state index is 12.7. The second-order valence-electron chi connectivity index (χ2n) is 17.1. The Morgan fingerprint density at radius 1 is 1.02 bits per heavy atom. The molecule has 6 heteroatoms. The molecule has 0 amide bonds. The number of ether oxygens (including phenoxy) is 3. The van der Waals surface area contributed by atoms with Crippen molar-refractivity contribution < 1.29 is 29.2 Å². The van der Waals surface area contributed by atoms with E-state index in [0.29, 0.717) is 24.7 Å². The standard InChI is InChI=1S/C35H56O6/c1-19(2)16-28(38)39-27-13-15-34(8)24-12-14-33(7)21(20-17-22(36)29-32(5,6)41-30(20)40-29)10-11-23(33)35(24,9)26(37)18-25(34)31(27,3)4/h11,19-22,24-27,29-30,36-37H,10,12-18H2,1-9H3/t20-,21-,22-,24+,25-,26+,27+,29+,30+,33-,34+,35-/m0/s1. The van der Waals surface area contributed by atoms with E-state index < -0.39 is 17.8 Å². The molecule has 2 heterocycles. The third-order valence-electron chi connectivity index (χ3n) is 13.6. The van der Waals surface area contributed by atoms with Crippen LogP contribution in [0.4, 0.5) is 0 Å². The van der Waals surface area contributed by atoms with Gasteiger partial charge in [-0.2, -0.15) is 0 Å². The molecule has 0 unspecified atom stereocenters. The minimum absolute atomic E-state index is 0.0504. The molecule has 0 radical (unpaired) electrons. The predicted octanol–water partition coefficient (Wildman–Crippen LogP) is 6.42. The lowest BCUT2D eigenvalue weighted by Gasteiger charge is -2.68. The predicted molar refractivity (Wildman–Crippen MR) is 158 cm³/mol. The largest absolute Gasteiger partial charge is 0.462 e. The molecule has 5 fully saturated rings. The van der Waals surface area contributed by atoms with Gasteiger partial charge in [-0.15, -0.1) is 0 Å². The van der Waals surface area contributed by atoms with Crippen LogP contribution in [-0.4, -0.2) is 52.5 Å². The molecule has 2 N–H and O–H groups in total. The van der Waals surface area contributed by atoms with Crippen LogP contribution in [0.1, 0.15) is 114 Å². The second-order valence-corrected chi connectivity index (χ2v) is 17.1. The molecule has 6 nitrogen and oxygen atoms in total. The molecule has 2 bridgehead atoms. The fraction of sp³-hybridized carbons (Fsp3) is 0.914. The lowest BCUT2D eigenvalue weighted by atomic mass is 9.37. The molecule has 6 aliphatic rings. The third-order valence-corrected chi connectivity index (χ3v) is 13.6. The van der Waals surface area contributed by atoms with Crippen LogP contribution in [0.3, 0.4) is 0 Å². The van der Waals surface area contributed by atoms with E-state index in [0.717, 1.165) is 38.5 Å². The topological polar surface area (TPSA) is 85.2 Å². The van der Waals surface area contributed by atoms with E-state index in [9.17, 15) is 15.0 Å². The van der Waals surface area contributed by atoms with Crippen LogP contribution in [0, 0.1) is 51.2 Å². The first kappa shape index (κ1) is 30.1. The van der Waals surface area contributed by atoms with Crippen molar-refractivity contribution in [3.63, 3.8) is 0 Å². The maximum atomic E-state index is 12.7. The van der Waals surface area contributed by atoms with E-state index >= 15 is 0 Å². The summed E-state index contributed by atoms with van der Waals surface area (Å²) in [6.07, 6.45) is 7.79. The molecule has 6 rings (SSSR count). The molecule has 41 heavy (non-hydrogen) atoms. The van der Waals surface area contributed by atoms with Crippen molar-refractivity contribution in [1.82, 2.24) is 0 Å². The number of aliphatic hydroxyl groups excluding tert-OH is 2. The van der Waals surface area contributed by atoms with Crippen LogP contribution in [0.15, 0.2) is 11.6 Å². The number of carbonyl (C=O) groups is 1. The van der Waals surface area contributed by atoms with Gasteiger partial charge in [0, 0.05) is 23.2 Å². The highest BCUT2D eigenvalue weighted by atomic mass is 16.7. The summed E-state index contributed by atoms with van der Waals surface area (Å²) in [5, 5.41) is 23.2. The number of aliphatic hydroxyl groups is 2. The summed E-state index contributed by atoms with van der Waals surface area (Å²) in [6.45, 7) is 20.0.